The van der Waals surface area contributed by atoms with Crippen LogP contribution in [0.3, 0.4) is 0 Å². The van der Waals surface area contributed by atoms with Gasteiger partial charge in [0.25, 0.3) is 0 Å². The largest absolute Gasteiger partial charge is 0.379 e. The first kappa shape index (κ1) is 18.2. The summed E-state index contributed by atoms with van der Waals surface area (Å²) >= 11 is 0. The molecule has 0 unspecified atom stereocenters. The minimum atomic E-state index is 0.877. The number of hydrogen-bond acceptors (Lipinski definition) is 4. The summed E-state index contributed by atoms with van der Waals surface area (Å²) in [4.78, 5) is 4.94. The second-order valence-corrected chi connectivity index (χ2v) is 7.16. The minimum Gasteiger partial charge on any atom is -0.379 e. The maximum Gasteiger partial charge on any atom is 0.0594 e. The van der Waals surface area contributed by atoms with E-state index in [1.807, 2.05) is 0 Å². The van der Waals surface area contributed by atoms with Gasteiger partial charge in [-0.1, -0.05) is 48.6 Å². The summed E-state index contributed by atoms with van der Waals surface area (Å²) in [5, 5.41) is 3.61. The lowest BCUT2D eigenvalue weighted by Gasteiger charge is -2.28. The van der Waals surface area contributed by atoms with Crippen molar-refractivity contribution in [2.45, 2.75) is 6.42 Å². The van der Waals surface area contributed by atoms with E-state index < -0.39 is 0 Å². The second-order valence-electron chi connectivity index (χ2n) is 7.16. The molecule has 1 fully saturated rings. The molecule has 4 rings (SSSR count). The number of fused-ring (bicyclic) bond motifs is 2. The molecule has 0 bridgehead atoms. The number of para-hydroxylation sites is 2. The number of rotatable bonds is 7. The van der Waals surface area contributed by atoms with Crippen LogP contribution in [0.4, 0.5) is 11.4 Å². The first-order valence-corrected chi connectivity index (χ1v) is 10.1. The average molecular weight is 364 g/mol. The number of nitrogens with zero attached hydrogens (tertiary/aromatic N) is 2. The van der Waals surface area contributed by atoms with E-state index in [4.69, 9.17) is 4.74 Å². The molecule has 0 amide bonds. The van der Waals surface area contributed by atoms with Crippen LogP contribution in [0.5, 0.6) is 0 Å². The number of benzene rings is 2. The van der Waals surface area contributed by atoms with Gasteiger partial charge < -0.3 is 15.0 Å². The fraction of sp³-hybridized carbons (Fsp3) is 0.391. The maximum atomic E-state index is 5.41. The number of morpholine rings is 1. The Morgan fingerprint density at radius 2 is 1.41 bits per heavy atom. The molecule has 0 atom stereocenters. The highest BCUT2D eigenvalue weighted by Gasteiger charge is 2.16. The summed E-state index contributed by atoms with van der Waals surface area (Å²) in [5.41, 5.74) is 5.17. The van der Waals surface area contributed by atoms with Crippen molar-refractivity contribution >= 4 is 23.5 Å². The highest BCUT2D eigenvalue weighted by molar-refractivity contribution is 5.88. The zero-order valence-electron chi connectivity index (χ0n) is 15.9. The number of hydrogen-bond donors (Lipinski definition) is 1. The van der Waals surface area contributed by atoms with Crippen molar-refractivity contribution in [2.75, 3.05) is 57.4 Å². The van der Waals surface area contributed by atoms with Gasteiger partial charge in [-0.25, -0.2) is 0 Å². The third-order valence-electron chi connectivity index (χ3n) is 5.34. The predicted molar refractivity (Wildman–Crippen MR) is 114 cm³/mol. The molecule has 4 heteroatoms. The lowest BCUT2D eigenvalue weighted by molar-refractivity contribution is 0.0384. The van der Waals surface area contributed by atoms with Crippen LogP contribution in [0.25, 0.3) is 12.2 Å². The van der Waals surface area contributed by atoms with Gasteiger partial charge in [0.2, 0.25) is 0 Å². The lowest BCUT2D eigenvalue weighted by Crippen LogP contribution is -2.40. The molecule has 0 spiro atoms. The van der Waals surface area contributed by atoms with Gasteiger partial charge in [0.05, 0.1) is 13.2 Å². The van der Waals surface area contributed by atoms with E-state index in [1.165, 1.54) is 22.5 Å². The van der Waals surface area contributed by atoms with Crippen LogP contribution in [0.2, 0.25) is 0 Å². The van der Waals surface area contributed by atoms with Crippen LogP contribution in [0, 0.1) is 0 Å². The number of ether oxygens (including phenoxy) is 1. The van der Waals surface area contributed by atoms with Gasteiger partial charge in [0, 0.05) is 44.1 Å². The van der Waals surface area contributed by atoms with Crippen molar-refractivity contribution in [3.05, 3.63) is 59.7 Å². The standard InChI is InChI=1S/C23H29N3O/c1-3-8-22-20(6-1)10-11-21-7-2-4-9-23(21)26(22)14-5-12-24-13-15-25-16-18-27-19-17-25/h1-4,6-11,24H,5,12-19H2. The maximum absolute atomic E-state index is 5.41. The van der Waals surface area contributed by atoms with Crippen LogP contribution in [-0.4, -0.2) is 57.4 Å². The molecule has 2 aromatic rings. The van der Waals surface area contributed by atoms with Crippen molar-refractivity contribution in [3.8, 4) is 0 Å². The van der Waals surface area contributed by atoms with E-state index in [0.29, 0.717) is 0 Å². The molecule has 1 N–H and O–H groups in total. The van der Waals surface area contributed by atoms with E-state index in [1.54, 1.807) is 0 Å². The molecule has 1 saturated heterocycles. The van der Waals surface area contributed by atoms with Crippen LogP contribution >= 0.6 is 0 Å². The van der Waals surface area contributed by atoms with E-state index in [-0.39, 0.29) is 0 Å². The smallest absolute Gasteiger partial charge is 0.0594 e. The van der Waals surface area contributed by atoms with Crippen LogP contribution < -0.4 is 10.2 Å². The molecule has 27 heavy (non-hydrogen) atoms. The van der Waals surface area contributed by atoms with E-state index in [0.717, 1.165) is 58.9 Å². The second kappa shape index (κ2) is 9.18. The Bertz CT molecular complexity index is 718. The van der Waals surface area contributed by atoms with Crippen molar-refractivity contribution in [1.82, 2.24) is 10.2 Å². The zero-order valence-corrected chi connectivity index (χ0v) is 15.9. The molecular formula is C23H29N3O. The molecule has 2 aliphatic rings. The average Bonchev–Trinajstić information content (AvgIpc) is 2.89. The molecule has 2 aliphatic heterocycles. The first-order valence-electron chi connectivity index (χ1n) is 10.1. The Morgan fingerprint density at radius 3 is 2.07 bits per heavy atom. The van der Waals surface area contributed by atoms with Gasteiger partial charge in [-0.2, -0.15) is 0 Å². The van der Waals surface area contributed by atoms with Crippen molar-refractivity contribution in [3.63, 3.8) is 0 Å². The highest BCUT2D eigenvalue weighted by Crippen LogP contribution is 2.35. The van der Waals surface area contributed by atoms with Gasteiger partial charge in [0.15, 0.2) is 0 Å². The first-order chi connectivity index (χ1) is 13.4. The monoisotopic (exact) mass is 363 g/mol. The van der Waals surface area contributed by atoms with Crippen molar-refractivity contribution < 1.29 is 4.74 Å². The highest BCUT2D eigenvalue weighted by atomic mass is 16.5. The van der Waals surface area contributed by atoms with Gasteiger partial charge in [0.1, 0.15) is 0 Å². The van der Waals surface area contributed by atoms with E-state index in [2.05, 4.69) is 75.8 Å². The summed E-state index contributed by atoms with van der Waals surface area (Å²) in [6, 6.07) is 17.4. The summed E-state index contributed by atoms with van der Waals surface area (Å²) in [5.74, 6) is 0. The number of nitrogens with one attached hydrogen (secondary N) is 1. The van der Waals surface area contributed by atoms with E-state index >= 15 is 0 Å². The molecule has 2 aromatic carbocycles. The summed E-state index contributed by atoms with van der Waals surface area (Å²) in [7, 11) is 0. The quantitative estimate of drug-likeness (QED) is 0.761. The third kappa shape index (κ3) is 4.59. The summed E-state index contributed by atoms with van der Waals surface area (Å²) in [6.07, 6.45) is 5.58. The van der Waals surface area contributed by atoms with Gasteiger partial charge in [-0.3, -0.25) is 4.90 Å². The third-order valence-corrected chi connectivity index (χ3v) is 5.34. The Hall–Kier alpha value is -2.14. The van der Waals surface area contributed by atoms with Crippen LogP contribution in [-0.2, 0) is 4.74 Å². The van der Waals surface area contributed by atoms with Gasteiger partial charge in [-0.15, -0.1) is 0 Å². The SMILES string of the molecule is C1=Cc2ccccc2N(CCCNCCN2CCOCC2)c2ccccc21. The normalized spacial score (nSPS) is 16.7. The molecule has 142 valence electrons. The molecule has 0 aliphatic carbocycles. The Balaban J connectivity index is 1.33. The fourth-order valence-electron chi connectivity index (χ4n) is 3.85. The Kier molecular flexibility index (Phi) is 6.20. The van der Waals surface area contributed by atoms with Gasteiger partial charge >= 0.3 is 0 Å². The van der Waals surface area contributed by atoms with Crippen LogP contribution in [0.1, 0.15) is 17.5 Å². The fourth-order valence-corrected chi connectivity index (χ4v) is 3.85. The topological polar surface area (TPSA) is 27.7 Å². The number of anilines is 2. The van der Waals surface area contributed by atoms with Crippen molar-refractivity contribution in [2.24, 2.45) is 0 Å². The summed E-state index contributed by atoms with van der Waals surface area (Å²) < 4.78 is 5.41. The Labute approximate surface area is 162 Å². The molecule has 4 nitrogen and oxygen atoms in total. The van der Waals surface area contributed by atoms with Crippen LogP contribution in [0.15, 0.2) is 48.5 Å². The Morgan fingerprint density at radius 1 is 0.778 bits per heavy atom. The molecule has 0 radical (unpaired) electrons. The van der Waals surface area contributed by atoms with E-state index in [9.17, 15) is 0 Å². The van der Waals surface area contributed by atoms with Crippen molar-refractivity contribution in [1.29, 1.82) is 0 Å². The molecule has 0 saturated carbocycles. The lowest BCUT2D eigenvalue weighted by atomic mass is 10.1. The summed E-state index contributed by atoms with van der Waals surface area (Å²) in [6.45, 7) is 8.10. The minimum absolute atomic E-state index is 0.877. The zero-order chi connectivity index (χ0) is 18.3. The molecule has 2 heterocycles. The molecule has 0 aromatic heterocycles. The van der Waals surface area contributed by atoms with Gasteiger partial charge in [-0.05, 0) is 36.2 Å². The predicted octanol–water partition coefficient (Wildman–Crippen LogP) is 3.62. The molecular weight excluding hydrogens is 334 g/mol.